The summed E-state index contributed by atoms with van der Waals surface area (Å²) in [5.74, 6) is 0.866. The number of benzene rings is 5. The van der Waals surface area contributed by atoms with Crippen LogP contribution >= 0.6 is 0 Å². The summed E-state index contributed by atoms with van der Waals surface area (Å²) in [6.45, 7) is 8.41. The second kappa shape index (κ2) is 12.1. The molecule has 0 spiro atoms. The number of fused-ring (bicyclic) bond motifs is 9. The highest BCUT2D eigenvalue weighted by molar-refractivity contribution is 6.30. The highest BCUT2D eigenvalue weighted by Gasteiger charge is 2.21. The van der Waals surface area contributed by atoms with Crippen molar-refractivity contribution in [3.05, 3.63) is 149 Å². The highest BCUT2D eigenvalue weighted by Crippen LogP contribution is 2.44. The third kappa shape index (κ3) is 4.64. The van der Waals surface area contributed by atoms with Crippen LogP contribution in [0.25, 0.3) is 94.9 Å². The smallest absolute Gasteiger partial charge is 0.147 e. The number of aryl methyl sites for hydroxylation is 1. The van der Waals surface area contributed by atoms with Crippen molar-refractivity contribution in [1.29, 1.82) is 0 Å². The lowest BCUT2D eigenvalue weighted by molar-refractivity contribution is 0.604. The Hall–Kier alpha value is -5.86. The van der Waals surface area contributed by atoms with Crippen LogP contribution in [0.3, 0.4) is 0 Å². The standard InChI is InChI=1S/C46H36O2/c1-5-17-41-29(4)43-45(47-41)39-24-15-14-23-38(39)44-40-28-31(26-27-42(40)48-46(43)44)35-20-10-8-9-11-22-36(33(7-3)32(35)6-2)37-25-16-19-30-18-12-13-21-34(30)37/h5-28H,1-4H3/b10-8?,11-9?,17-5-,32-6+,33-7+,35-20?,36-22?. The van der Waals surface area contributed by atoms with Gasteiger partial charge in [0.25, 0.3) is 0 Å². The number of rotatable bonds is 3. The zero-order valence-corrected chi connectivity index (χ0v) is 27.7. The number of allylic oxidation sites excluding steroid dienone is 1. The van der Waals surface area contributed by atoms with E-state index in [2.05, 4.69) is 154 Å². The first kappa shape index (κ1) is 29.5. The zero-order valence-electron chi connectivity index (χ0n) is 27.7. The minimum atomic E-state index is 0.864. The summed E-state index contributed by atoms with van der Waals surface area (Å²) in [7, 11) is 0. The van der Waals surface area contributed by atoms with Gasteiger partial charge in [-0.2, -0.15) is 0 Å². The van der Waals surface area contributed by atoms with E-state index < -0.39 is 0 Å². The van der Waals surface area contributed by atoms with Crippen LogP contribution in [0.2, 0.25) is 0 Å². The summed E-state index contributed by atoms with van der Waals surface area (Å²) in [6, 6.07) is 43.3. The van der Waals surface area contributed by atoms with Gasteiger partial charge in [0.1, 0.15) is 22.5 Å². The van der Waals surface area contributed by atoms with E-state index in [-0.39, 0.29) is 0 Å². The van der Waals surface area contributed by atoms with Crippen LogP contribution in [0.4, 0.5) is 0 Å². The van der Waals surface area contributed by atoms with Crippen LogP contribution in [-0.4, -0.2) is 0 Å². The van der Waals surface area contributed by atoms with Gasteiger partial charge >= 0.3 is 0 Å². The van der Waals surface area contributed by atoms with Gasteiger partial charge in [-0.3, -0.25) is 0 Å². The van der Waals surface area contributed by atoms with Gasteiger partial charge in [-0.15, -0.1) is 0 Å². The molecule has 2 heterocycles. The molecule has 0 bridgehead atoms. The number of hydrogen-bond donors (Lipinski definition) is 0. The molecule has 48 heavy (non-hydrogen) atoms. The third-order valence-electron chi connectivity index (χ3n) is 9.56. The lowest BCUT2D eigenvalue weighted by atomic mass is 9.94. The SMILES string of the molecule is C/C=C\c1oc2c3ccccc3c3c4cc(-c5ccccccc(-c6cccc7ccccc67)c(=C/C)/c5=C\C)ccc4oc3c2c1C. The van der Waals surface area contributed by atoms with Gasteiger partial charge in [0.15, 0.2) is 0 Å². The molecule has 0 atom stereocenters. The van der Waals surface area contributed by atoms with E-state index >= 15 is 0 Å². The first-order valence-corrected chi connectivity index (χ1v) is 16.6. The van der Waals surface area contributed by atoms with E-state index in [4.69, 9.17) is 8.83 Å². The fourth-order valence-corrected chi connectivity index (χ4v) is 7.38. The number of furan rings is 2. The Morgan fingerprint density at radius 3 is 1.92 bits per heavy atom. The molecule has 0 aliphatic rings. The Morgan fingerprint density at radius 1 is 0.500 bits per heavy atom. The van der Waals surface area contributed by atoms with E-state index in [0.717, 1.165) is 66.1 Å². The van der Waals surface area contributed by atoms with Crippen molar-refractivity contribution in [2.45, 2.75) is 27.7 Å². The summed E-state index contributed by atoms with van der Waals surface area (Å²) in [5.41, 5.74) is 8.39. The molecule has 0 aliphatic heterocycles. The van der Waals surface area contributed by atoms with Crippen molar-refractivity contribution < 1.29 is 8.83 Å². The Morgan fingerprint density at radius 2 is 1.15 bits per heavy atom. The summed E-state index contributed by atoms with van der Waals surface area (Å²) >= 11 is 0. The molecule has 2 heteroatoms. The first-order valence-electron chi connectivity index (χ1n) is 16.6. The maximum Gasteiger partial charge on any atom is 0.147 e. The molecule has 2 aromatic heterocycles. The van der Waals surface area contributed by atoms with Crippen molar-refractivity contribution in [3.63, 3.8) is 0 Å². The Labute approximate surface area is 279 Å². The van der Waals surface area contributed by atoms with E-state index in [1.54, 1.807) is 0 Å². The normalized spacial score (nSPS) is 12.8. The monoisotopic (exact) mass is 620 g/mol. The van der Waals surface area contributed by atoms with Crippen LogP contribution in [0.5, 0.6) is 0 Å². The van der Waals surface area contributed by atoms with E-state index in [1.165, 1.54) is 32.3 Å². The molecule has 0 amide bonds. The second-order valence-electron chi connectivity index (χ2n) is 12.2. The molecule has 0 fully saturated rings. The lowest BCUT2D eigenvalue weighted by Gasteiger charge is -2.09. The second-order valence-corrected chi connectivity index (χ2v) is 12.2. The molecule has 0 saturated heterocycles. The fourth-order valence-electron chi connectivity index (χ4n) is 7.38. The zero-order chi connectivity index (χ0) is 32.8. The van der Waals surface area contributed by atoms with Crippen molar-refractivity contribution in [2.75, 3.05) is 0 Å². The molecule has 0 unspecified atom stereocenters. The summed E-state index contributed by atoms with van der Waals surface area (Å²) in [5, 5.41) is 10.3. The van der Waals surface area contributed by atoms with Gasteiger partial charge in [-0.05, 0) is 94.8 Å². The Kier molecular flexibility index (Phi) is 7.42. The average Bonchev–Trinajstić information content (AvgIpc) is 3.67. The predicted molar refractivity (Wildman–Crippen MR) is 206 cm³/mol. The quantitative estimate of drug-likeness (QED) is 0.196. The molecule has 0 saturated carbocycles. The molecular formula is C46H36O2. The van der Waals surface area contributed by atoms with E-state index in [1.807, 2.05) is 19.1 Å². The molecule has 8 rings (SSSR count). The topological polar surface area (TPSA) is 26.3 Å². The average molecular weight is 621 g/mol. The van der Waals surface area contributed by atoms with Crippen molar-refractivity contribution >= 4 is 72.7 Å². The van der Waals surface area contributed by atoms with Crippen molar-refractivity contribution in [3.8, 4) is 22.3 Å². The van der Waals surface area contributed by atoms with Crippen LogP contribution in [0.15, 0.2) is 136 Å². The summed E-state index contributed by atoms with van der Waals surface area (Å²) in [4.78, 5) is 0. The maximum absolute atomic E-state index is 6.72. The van der Waals surface area contributed by atoms with E-state index in [0.29, 0.717) is 0 Å². The minimum absolute atomic E-state index is 0.864. The number of hydrogen-bond acceptors (Lipinski definition) is 2. The van der Waals surface area contributed by atoms with Gasteiger partial charge in [-0.1, -0.05) is 127 Å². The van der Waals surface area contributed by atoms with Crippen LogP contribution < -0.4 is 10.4 Å². The third-order valence-corrected chi connectivity index (χ3v) is 9.56. The molecule has 6 aromatic carbocycles. The van der Waals surface area contributed by atoms with Gasteiger partial charge in [0.05, 0.1) is 5.39 Å². The Bertz CT molecular complexity index is 2760. The molecule has 0 aliphatic carbocycles. The molecule has 232 valence electrons. The van der Waals surface area contributed by atoms with Gasteiger partial charge in [0, 0.05) is 21.7 Å². The summed E-state index contributed by atoms with van der Waals surface area (Å²) < 4.78 is 13.2. The van der Waals surface area contributed by atoms with Crippen LogP contribution in [0, 0.1) is 6.92 Å². The molecule has 0 radical (unpaired) electrons. The van der Waals surface area contributed by atoms with Crippen molar-refractivity contribution in [1.82, 2.24) is 0 Å². The summed E-state index contributed by atoms with van der Waals surface area (Å²) in [6.07, 6.45) is 8.54. The molecule has 0 N–H and O–H groups in total. The maximum atomic E-state index is 6.72. The Balaban J connectivity index is 1.48. The van der Waals surface area contributed by atoms with Crippen LogP contribution in [0.1, 0.15) is 32.1 Å². The van der Waals surface area contributed by atoms with Gasteiger partial charge in [0.2, 0.25) is 0 Å². The fraction of sp³-hybridized carbons (Fsp3) is 0.0870. The lowest BCUT2D eigenvalue weighted by Crippen LogP contribution is -2.27. The first-order chi connectivity index (χ1) is 23.6. The predicted octanol–water partition coefficient (Wildman–Crippen LogP) is 12.0. The van der Waals surface area contributed by atoms with Crippen LogP contribution in [-0.2, 0) is 0 Å². The minimum Gasteiger partial charge on any atom is -0.456 e. The highest BCUT2D eigenvalue weighted by atomic mass is 16.3. The van der Waals surface area contributed by atoms with Gasteiger partial charge < -0.3 is 8.83 Å². The molecular weight excluding hydrogens is 585 g/mol. The largest absolute Gasteiger partial charge is 0.456 e. The van der Waals surface area contributed by atoms with Gasteiger partial charge in [-0.25, -0.2) is 0 Å². The van der Waals surface area contributed by atoms with E-state index in [9.17, 15) is 0 Å². The van der Waals surface area contributed by atoms with Crippen molar-refractivity contribution in [2.24, 2.45) is 0 Å². The molecule has 2 nitrogen and oxygen atoms in total. The molecule has 8 aromatic rings.